The summed E-state index contributed by atoms with van der Waals surface area (Å²) in [7, 11) is -3.30. The molecule has 4 nitrogen and oxygen atoms in total. The van der Waals surface area contributed by atoms with Gasteiger partial charge in [0.2, 0.25) is 0 Å². The van der Waals surface area contributed by atoms with E-state index >= 15 is 0 Å². The summed E-state index contributed by atoms with van der Waals surface area (Å²) in [4.78, 5) is 0.230. The van der Waals surface area contributed by atoms with E-state index in [9.17, 15) is 13.5 Å². The lowest BCUT2D eigenvalue weighted by molar-refractivity contribution is 0.466. The molecule has 3 N–H and O–H groups in total. The Morgan fingerprint density at radius 1 is 1.50 bits per heavy atom. The molecular formula is C9H11NO3S. The summed E-state index contributed by atoms with van der Waals surface area (Å²) in [5.74, 6) is 0.0435. The van der Waals surface area contributed by atoms with Crippen LogP contribution in [0.25, 0.3) is 0 Å². The first-order valence-corrected chi connectivity index (χ1v) is 5.87. The van der Waals surface area contributed by atoms with E-state index in [1.54, 1.807) is 0 Å². The fourth-order valence-electron chi connectivity index (χ4n) is 1.75. The van der Waals surface area contributed by atoms with Gasteiger partial charge in [0, 0.05) is 12.1 Å². The summed E-state index contributed by atoms with van der Waals surface area (Å²) < 4.78 is 23.6. The number of fused-ring (bicyclic) bond motifs is 1. The molecule has 1 aromatic carbocycles. The molecule has 0 radical (unpaired) electrons. The molecule has 14 heavy (non-hydrogen) atoms. The lowest BCUT2D eigenvalue weighted by atomic mass is 10.1. The van der Waals surface area contributed by atoms with Crippen molar-refractivity contribution in [2.45, 2.75) is 16.6 Å². The van der Waals surface area contributed by atoms with Crippen molar-refractivity contribution in [2.75, 3.05) is 6.54 Å². The topological polar surface area (TPSA) is 80.4 Å². The molecule has 5 heteroatoms. The minimum absolute atomic E-state index is 0.0435. The van der Waals surface area contributed by atoms with Crippen LogP contribution in [0, 0.1) is 0 Å². The van der Waals surface area contributed by atoms with E-state index in [0.29, 0.717) is 12.0 Å². The summed E-state index contributed by atoms with van der Waals surface area (Å²) in [6.07, 6.45) is 0.320. The van der Waals surface area contributed by atoms with Crippen molar-refractivity contribution in [3.05, 3.63) is 23.8 Å². The van der Waals surface area contributed by atoms with Crippen LogP contribution in [-0.2, 0) is 16.3 Å². The average molecular weight is 213 g/mol. The molecule has 2 rings (SSSR count). The fourth-order valence-corrected chi connectivity index (χ4v) is 3.55. The van der Waals surface area contributed by atoms with Gasteiger partial charge in [-0.25, -0.2) is 8.42 Å². The van der Waals surface area contributed by atoms with Crippen LogP contribution in [-0.4, -0.2) is 25.3 Å². The second-order valence-electron chi connectivity index (χ2n) is 3.36. The second kappa shape index (κ2) is 2.96. The Hall–Kier alpha value is -1.07. The molecule has 0 saturated carbocycles. The molecule has 1 aliphatic rings. The highest BCUT2D eigenvalue weighted by atomic mass is 32.2. The molecule has 1 atom stereocenters. The summed E-state index contributed by atoms with van der Waals surface area (Å²) in [6.45, 7) is 0.0937. The highest BCUT2D eigenvalue weighted by Gasteiger charge is 2.37. The number of aromatic hydroxyl groups is 1. The predicted octanol–water partition coefficient (Wildman–Crippen LogP) is 0.0493. The molecule has 0 bridgehead atoms. The largest absolute Gasteiger partial charge is 0.508 e. The van der Waals surface area contributed by atoms with Crippen LogP contribution in [0.3, 0.4) is 0 Å². The quantitative estimate of drug-likeness (QED) is 0.690. The molecule has 0 aromatic heterocycles. The van der Waals surface area contributed by atoms with Gasteiger partial charge in [-0.15, -0.1) is 0 Å². The lowest BCUT2D eigenvalue weighted by Gasteiger charge is -2.03. The van der Waals surface area contributed by atoms with Gasteiger partial charge in [0.25, 0.3) is 0 Å². The van der Waals surface area contributed by atoms with Crippen molar-refractivity contribution in [3.63, 3.8) is 0 Å². The standard InChI is InChI=1S/C9H11NO3S/c10-5-6-4-7-8(11)2-1-3-9(7)14(6,12)13/h1-3,6,11H,4-5,10H2. The van der Waals surface area contributed by atoms with Gasteiger partial charge in [-0.1, -0.05) is 6.07 Å². The third kappa shape index (κ3) is 1.13. The van der Waals surface area contributed by atoms with Gasteiger partial charge in [-0.3, -0.25) is 0 Å². The van der Waals surface area contributed by atoms with E-state index in [1.807, 2.05) is 0 Å². The van der Waals surface area contributed by atoms with E-state index in [4.69, 9.17) is 5.73 Å². The first-order chi connectivity index (χ1) is 6.57. The third-order valence-corrected chi connectivity index (χ3v) is 4.78. The molecular weight excluding hydrogens is 202 g/mol. The zero-order valence-corrected chi connectivity index (χ0v) is 8.29. The second-order valence-corrected chi connectivity index (χ2v) is 5.56. The third-order valence-electron chi connectivity index (χ3n) is 2.55. The van der Waals surface area contributed by atoms with Crippen molar-refractivity contribution in [1.82, 2.24) is 0 Å². The zero-order chi connectivity index (χ0) is 10.3. The maximum absolute atomic E-state index is 11.8. The average Bonchev–Trinajstić information content (AvgIpc) is 2.40. The highest BCUT2D eigenvalue weighted by Crippen LogP contribution is 2.35. The fraction of sp³-hybridized carbons (Fsp3) is 0.333. The van der Waals surface area contributed by atoms with E-state index in [-0.39, 0.29) is 17.2 Å². The number of benzene rings is 1. The lowest BCUT2D eigenvalue weighted by Crippen LogP contribution is -2.26. The molecule has 0 fully saturated rings. The van der Waals surface area contributed by atoms with Gasteiger partial charge >= 0.3 is 0 Å². The van der Waals surface area contributed by atoms with E-state index < -0.39 is 15.1 Å². The van der Waals surface area contributed by atoms with Crippen LogP contribution >= 0.6 is 0 Å². The molecule has 1 aliphatic heterocycles. The Morgan fingerprint density at radius 3 is 2.79 bits per heavy atom. The normalized spacial score (nSPS) is 23.4. The molecule has 0 saturated heterocycles. The smallest absolute Gasteiger partial charge is 0.183 e. The minimum Gasteiger partial charge on any atom is -0.508 e. The number of nitrogens with two attached hydrogens (primary N) is 1. The summed E-state index contributed by atoms with van der Waals surface area (Å²) >= 11 is 0. The van der Waals surface area contributed by atoms with E-state index in [2.05, 4.69) is 0 Å². The number of hydrogen-bond acceptors (Lipinski definition) is 4. The van der Waals surface area contributed by atoms with Gasteiger partial charge in [-0.05, 0) is 18.6 Å². The molecule has 76 valence electrons. The summed E-state index contributed by atoms with van der Waals surface area (Å²) in [5, 5.41) is 8.89. The maximum Gasteiger partial charge on any atom is 0.183 e. The summed E-state index contributed by atoms with van der Waals surface area (Å²) in [6, 6.07) is 4.54. The number of hydrogen-bond donors (Lipinski definition) is 2. The van der Waals surface area contributed by atoms with Crippen LogP contribution in [0.2, 0.25) is 0 Å². The van der Waals surface area contributed by atoms with Crippen LogP contribution in [0.15, 0.2) is 23.1 Å². The van der Waals surface area contributed by atoms with Crippen molar-refractivity contribution < 1.29 is 13.5 Å². The molecule has 0 amide bonds. The molecule has 0 spiro atoms. The Bertz CT molecular complexity index is 467. The van der Waals surface area contributed by atoms with Crippen LogP contribution in [0.4, 0.5) is 0 Å². The van der Waals surface area contributed by atoms with Crippen molar-refractivity contribution in [3.8, 4) is 5.75 Å². The Labute approximate surface area is 82.3 Å². The van der Waals surface area contributed by atoms with Gasteiger partial charge in [0.15, 0.2) is 9.84 Å². The van der Waals surface area contributed by atoms with Crippen LogP contribution in [0.1, 0.15) is 5.56 Å². The number of sulfone groups is 1. The number of rotatable bonds is 1. The van der Waals surface area contributed by atoms with Crippen molar-refractivity contribution in [1.29, 1.82) is 0 Å². The van der Waals surface area contributed by atoms with Crippen molar-refractivity contribution in [2.24, 2.45) is 5.73 Å². The highest BCUT2D eigenvalue weighted by molar-refractivity contribution is 7.92. The first kappa shape index (κ1) is 9.48. The molecule has 1 aromatic rings. The van der Waals surface area contributed by atoms with E-state index in [0.717, 1.165) is 0 Å². The Morgan fingerprint density at radius 2 is 2.21 bits per heavy atom. The Balaban J connectivity index is 2.66. The molecule has 1 heterocycles. The first-order valence-electron chi connectivity index (χ1n) is 4.32. The van der Waals surface area contributed by atoms with Gasteiger partial charge in [0.1, 0.15) is 5.75 Å². The number of phenolic OH excluding ortho intramolecular Hbond substituents is 1. The monoisotopic (exact) mass is 213 g/mol. The maximum atomic E-state index is 11.8. The van der Waals surface area contributed by atoms with Crippen LogP contribution in [0.5, 0.6) is 5.75 Å². The molecule has 1 unspecified atom stereocenters. The van der Waals surface area contributed by atoms with Gasteiger partial charge in [0.05, 0.1) is 10.1 Å². The number of phenols is 1. The van der Waals surface area contributed by atoms with E-state index in [1.165, 1.54) is 18.2 Å². The summed E-state index contributed by atoms with van der Waals surface area (Å²) in [5.41, 5.74) is 5.88. The minimum atomic E-state index is -3.30. The SMILES string of the molecule is NCC1Cc2c(O)cccc2S1(=O)=O. The van der Waals surface area contributed by atoms with Gasteiger partial charge in [-0.2, -0.15) is 0 Å². The van der Waals surface area contributed by atoms with Crippen molar-refractivity contribution >= 4 is 9.84 Å². The Kier molecular flexibility index (Phi) is 2.01. The van der Waals surface area contributed by atoms with Crippen LogP contribution < -0.4 is 5.73 Å². The zero-order valence-electron chi connectivity index (χ0n) is 7.47. The van der Waals surface area contributed by atoms with Gasteiger partial charge < -0.3 is 10.8 Å². The predicted molar refractivity (Wildman–Crippen MR) is 51.8 cm³/mol. The molecule has 0 aliphatic carbocycles.